The average Bonchev–Trinajstić information content (AvgIpc) is 3.52. The molecule has 2 aromatic rings. The van der Waals surface area contributed by atoms with Crippen molar-refractivity contribution in [2.24, 2.45) is 7.05 Å². The number of hydrogen-bond donors (Lipinski definition) is 0. The summed E-state index contributed by atoms with van der Waals surface area (Å²) in [4.78, 5) is 29.5. The molecule has 168 valence electrons. The van der Waals surface area contributed by atoms with Gasteiger partial charge in [-0.1, -0.05) is 11.6 Å². The van der Waals surface area contributed by atoms with Crippen LogP contribution < -0.4 is 4.74 Å². The van der Waals surface area contributed by atoms with Crippen molar-refractivity contribution in [2.75, 3.05) is 33.4 Å². The van der Waals surface area contributed by atoms with Gasteiger partial charge in [-0.15, -0.1) is 0 Å². The number of methoxy groups -OCH3 is 1. The van der Waals surface area contributed by atoms with Gasteiger partial charge in [-0.25, -0.2) is 0 Å². The summed E-state index contributed by atoms with van der Waals surface area (Å²) in [6.07, 6.45) is 4.64. The second-order valence-electron chi connectivity index (χ2n) is 7.77. The van der Waals surface area contributed by atoms with Gasteiger partial charge >= 0.3 is 0 Å². The first-order chi connectivity index (χ1) is 15.0. The molecule has 1 aliphatic carbocycles. The van der Waals surface area contributed by atoms with E-state index in [1.54, 1.807) is 36.3 Å². The van der Waals surface area contributed by atoms with Crippen molar-refractivity contribution in [1.82, 2.24) is 14.4 Å². The van der Waals surface area contributed by atoms with Crippen LogP contribution >= 0.6 is 11.6 Å². The number of halogens is 1. The van der Waals surface area contributed by atoms with Gasteiger partial charge in [0.2, 0.25) is 5.91 Å². The molecule has 1 aromatic heterocycles. The Hall–Kier alpha value is -2.51. The van der Waals surface area contributed by atoms with E-state index >= 15 is 0 Å². The lowest BCUT2D eigenvalue weighted by molar-refractivity contribution is -0.142. The second-order valence-corrected chi connectivity index (χ2v) is 8.20. The molecule has 1 fully saturated rings. The van der Waals surface area contributed by atoms with Gasteiger partial charge in [-0.2, -0.15) is 0 Å². The molecule has 8 heteroatoms. The van der Waals surface area contributed by atoms with Gasteiger partial charge in [0.25, 0.3) is 5.91 Å². The first-order valence-electron chi connectivity index (χ1n) is 10.5. The maximum absolute atomic E-state index is 13.2. The molecule has 2 amide bonds. The number of aromatic nitrogens is 1. The van der Waals surface area contributed by atoms with Crippen molar-refractivity contribution in [2.45, 2.75) is 31.8 Å². The zero-order valence-electron chi connectivity index (χ0n) is 18.1. The number of nitrogens with zero attached hydrogens (tertiary/aromatic N) is 3. The van der Waals surface area contributed by atoms with Crippen LogP contribution in [-0.2, 0) is 27.9 Å². The van der Waals surface area contributed by atoms with Crippen LogP contribution in [-0.4, -0.2) is 65.6 Å². The fourth-order valence-corrected chi connectivity index (χ4v) is 3.48. The lowest BCUT2D eigenvalue weighted by Gasteiger charge is -2.28. The number of rotatable bonds is 12. The van der Waals surface area contributed by atoms with Crippen LogP contribution in [0.15, 0.2) is 42.6 Å². The second kappa shape index (κ2) is 11.2. The molecule has 3 rings (SSSR count). The van der Waals surface area contributed by atoms with E-state index < -0.39 is 0 Å². The molecular formula is C23H30ClN3O4. The summed E-state index contributed by atoms with van der Waals surface area (Å²) in [5.74, 6) is 0.291. The summed E-state index contributed by atoms with van der Waals surface area (Å²) in [6.45, 7) is 1.40. The monoisotopic (exact) mass is 447 g/mol. The van der Waals surface area contributed by atoms with E-state index in [2.05, 4.69) is 0 Å². The minimum Gasteiger partial charge on any atom is -0.484 e. The SMILES string of the molecule is COCCCN(CC(=O)N(Cc1cccn1C)C1CC1)C(=O)COc1ccc(Cl)cc1. The lowest BCUT2D eigenvalue weighted by atomic mass is 10.3. The lowest BCUT2D eigenvalue weighted by Crippen LogP contribution is -2.45. The van der Waals surface area contributed by atoms with Crippen LogP contribution in [0.3, 0.4) is 0 Å². The van der Waals surface area contributed by atoms with Crippen LogP contribution in [0.5, 0.6) is 5.75 Å². The third-order valence-electron chi connectivity index (χ3n) is 5.32. The number of benzene rings is 1. The third kappa shape index (κ3) is 7.01. The molecule has 0 bridgehead atoms. The number of ether oxygens (including phenoxy) is 2. The molecule has 7 nitrogen and oxygen atoms in total. The van der Waals surface area contributed by atoms with Gasteiger partial charge in [0.1, 0.15) is 5.75 Å². The normalized spacial score (nSPS) is 13.1. The van der Waals surface area contributed by atoms with Gasteiger partial charge in [0, 0.05) is 50.3 Å². The average molecular weight is 448 g/mol. The van der Waals surface area contributed by atoms with Gasteiger partial charge in [0.15, 0.2) is 6.61 Å². The third-order valence-corrected chi connectivity index (χ3v) is 5.57. The maximum Gasteiger partial charge on any atom is 0.260 e. The number of carbonyl (C=O) groups is 2. The van der Waals surface area contributed by atoms with Crippen molar-refractivity contribution in [3.8, 4) is 5.75 Å². The van der Waals surface area contributed by atoms with E-state index in [0.717, 1.165) is 18.5 Å². The smallest absolute Gasteiger partial charge is 0.260 e. The minimum atomic E-state index is -0.228. The predicted molar refractivity (Wildman–Crippen MR) is 119 cm³/mol. The van der Waals surface area contributed by atoms with Crippen LogP contribution in [0.2, 0.25) is 5.02 Å². The summed E-state index contributed by atoms with van der Waals surface area (Å²) in [6, 6.07) is 11.1. The Labute approximate surface area is 188 Å². The largest absolute Gasteiger partial charge is 0.484 e. The highest BCUT2D eigenvalue weighted by Gasteiger charge is 2.34. The number of carbonyl (C=O) groups excluding carboxylic acids is 2. The van der Waals surface area contributed by atoms with Gasteiger partial charge in [0.05, 0.1) is 13.1 Å². The molecule has 0 N–H and O–H groups in total. The zero-order chi connectivity index (χ0) is 22.2. The Morgan fingerprint density at radius 2 is 1.90 bits per heavy atom. The molecule has 0 radical (unpaired) electrons. The molecule has 0 saturated heterocycles. The van der Waals surface area contributed by atoms with Crippen LogP contribution in [0.25, 0.3) is 0 Å². The van der Waals surface area contributed by atoms with Crippen molar-refractivity contribution in [1.29, 1.82) is 0 Å². The Kier molecular flexibility index (Phi) is 8.37. The maximum atomic E-state index is 13.2. The van der Waals surface area contributed by atoms with Crippen LogP contribution in [0, 0.1) is 0 Å². The Balaban J connectivity index is 1.62. The summed E-state index contributed by atoms with van der Waals surface area (Å²) in [7, 11) is 3.59. The van der Waals surface area contributed by atoms with Crippen molar-refractivity contribution in [3.05, 3.63) is 53.3 Å². The molecule has 0 atom stereocenters. The Morgan fingerprint density at radius 3 is 2.52 bits per heavy atom. The highest BCUT2D eigenvalue weighted by molar-refractivity contribution is 6.30. The fraction of sp³-hybridized carbons (Fsp3) is 0.478. The summed E-state index contributed by atoms with van der Waals surface area (Å²) >= 11 is 5.89. The summed E-state index contributed by atoms with van der Waals surface area (Å²) in [5.41, 5.74) is 1.07. The summed E-state index contributed by atoms with van der Waals surface area (Å²) in [5, 5.41) is 0.601. The minimum absolute atomic E-state index is 0.0352. The van der Waals surface area contributed by atoms with Crippen molar-refractivity contribution in [3.63, 3.8) is 0 Å². The predicted octanol–water partition coefficient (Wildman–Crippen LogP) is 3.11. The van der Waals surface area contributed by atoms with Crippen LogP contribution in [0.1, 0.15) is 25.0 Å². The van der Waals surface area contributed by atoms with Crippen molar-refractivity contribution < 1.29 is 19.1 Å². The standard InChI is InChI=1S/C23H30ClN3O4/c1-25-12-3-5-20(25)15-27(19-8-9-19)22(28)16-26(13-4-14-30-2)23(29)17-31-21-10-6-18(24)7-11-21/h3,5-7,10-12,19H,4,8-9,13-17H2,1-2H3. The molecule has 0 aliphatic heterocycles. The van der Waals surface area contributed by atoms with E-state index in [1.165, 1.54) is 0 Å². The number of aryl methyl sites for hydroxylation is 1. The molecule has 1 saturated carbocycles. The fourth-order valence-electron chi connectivity index (χ4n) is 3.36. The molecule has 0 spiro atoms. The quantitative estimate of drug-likeness (QED) is 0.469. The highest BCUT2D eigenvalue weighted by Crippen LogP contribution is 2.28. The van der Waals surface area contributed by atoms with E-state index in [1.807, 2.05) is 34.8 Å². The first-order valence-corrected chi connectivity index (χ1v) is 10.9. The van der Waals surface area contributed by atoms with Gasteiger partial charge < -0.3 is 23.8 Å². The molecule has 1 aromatic carbocycles. The van der Waals surface area contributed by atoms with Gasteiger partial charge in [-0.3, -0.25) is 9.59 Å². The molecule has 31 heavy (non-hydrogen) atoms. The zero-order valence-corrected chi connectivity index (χ0v) is 18.9. The topological polar surface area (TPSA) is 64.0 Å². The van der Waals surface area contributed by atoms with Crippen molar-refractivity contribution >= 4 is 23.4 Å². The number of amides is 2. The van der Waals surface area contributed by atoms with Gasteiger partial charge in [-0.05, 0) is 55.7 Å². The molecule has 0 unspecified atom stereocenters. The Morgan fingerprint density at radius 1 is 1.16 bits per heavy atom. The first kappa shape index (κ1) is 23.2. The molecular weight excluding hydrogens is 418 g/mol. The van der Waals surface area contributed by atoms with E-state index in [9.17, 15) is 9.59 Å². The Bertz CT molecular complexity index is 864. The number of hydrogen-bond acceptors (Lipinski definition) is 4. The summed E-state index contributed by atoms with van der Waals surface area (Å²) < 4.78 is 12.7. The van der Waals surface area contributed by atoms with Crippen LogP contribution in [0.4, 0.5) is 0 Å². The molecule has 1 heterocycles. The molecule has 1 aliphatic rings. The van der Waals surface area contributed by atoms with E-state index in [-0.39, 0.29) is 31.0 Å². The highest BCUT2D eigenvalue weighted by atomic mass is 35.5. The van der Waals surface area contributed by atoms with E-state index in [0.29, 0.717) is 36.9 Å². The van der Waals surface area contributed by atoms with E-state index in [4.69, 9.17) is 21.1 Å².